The number of nitrogens with zero attached hydrogens (tertiary/aromatic N) is 2. The van der Waals surface area contributed by atoms with Crippen molar-refractivity contribution in [1.82, 2.24) is 9.55 Å². The van der Waals surface area contributed by atoms with E-state index in [0.29, 0.717) is 0 Å². The number of carbonyl (C=O) groups excluding carboxylic acids is 2. The van der Waals surface area contributed by atoms with Gasteiger partial charge in [-0.25, -0.2) is 9.78 Å². The molecule has 0 radical (unpaired) electrons. The van der Waals surface area contributed by atoms with Gasteiger partial charge in [-0.1, -0.05) is 12.1 Å². The smallest absolute Gasteiger partial charge is 0.330 e. The molecular formula is C17H22N2O4. The van der Waals surface area contributed by atoms with Gasteiger partial charge in [-0.2, -0.15) is 0 Å². The molecule has 124 valence electrons. The number of fused-ring (bicyclic) bond motifs is 1. The molecular weight excluding hydrogens is 296 g/mol. The number of rotatable bonds is 5. The molecule has 23 heavy (non-hydrogen) atoms. The van der Waals surface area contributed by atoms with Gasteiger partial charge in [0.25, 0.3) is 0 Å². The molecule has 6 heteroatoms. The van der Waals surface area contributed by atoms with Gasteiger partial charge in [0, 0.05) is 0 Å². The lowest BCUT2D eigenvalue weighted by atomic mass is 10.1. The van der Waals surface area contributed by atoms with Gasteiger partial charge in [0.1, 0.15) is 11.6 Å². The molecule has 1 aromatic carbocycles. The van der Waals surface area contributed by atoms with Crippen LogP contribution in [-0.4, -0.2) is 33.7 Å². The predicted octanol–water partition coefficient (Wildman–Crippen LogP) is 2.87. The van der Waals surface area contributed by atoms with Crippen molar-refractivity contribution in [3.8, 4) is 0 Å². The summed E-state index contributed by atoms with van der Waals surface area (Å²) in [6.07, 6.45) is 1.46. The number of para-hydroxylation sites is 2. The van der Waals surface area contributed by atoms with Gasteiger partial charge < -0.3 is 14.0 Å². The normalized spacial score (nSPS) is 12.9. The van der Waals surface area contributed by atoms with Gasteiger partial charge in [-0.15, -0.1) is 0 Å². The zero-order valence-electron chi connectivity index (χ0n) is 13.9. The van der Waals surface area contributed by atoms with Crippen molar-refractivity contribution in [3.05, 3.63) is 30.6 Å². The van der Waals surface area contributed by atoms with Crippen LogP contribution in [0.1, 0.15) is 40.2 Å². The van der Waals surface area contributed by atoms with Crippen molar-refractivity contribution >= 4 is 23.0 Å². The molecule has 1 atom stereocenters. The molecule has 2 aromatic rings. The van der Waals surface area contributed by atoms with E-state index in [1.807, 2.05) is 24.3 Å². The van der Waals surface area contributed by atoms with Crippen LogP contribution >= 0.6 is 0 Å². The minimum absolute atomic E-state index is 0.0941. The van der Waals surface area contributed by atoms with Gasteiger partial charge in [0.15, 0.2) is 0 Å². The van der Waals surface area contributed by atoms with Crippen molar-refractivity contribution < 1.29 is 19.1 Å². The van der Waals surface area contributed by atoms with Crippen LogP contribution in [0.15, 0.2) is 30.6 Å². The van der Waals surface area contributed by atoms with Gasteiger partial charge in [0.05, 0.1) is 30.4 Å². The first kappa shape index (κ1) is 17.0. The number of benzene rings is 1. The molecule has 1 unspecified atom stereocenters. The van der Waals surface area contributed by atoms with E-state index >= 15 is 0 Å². The number of imidazole rings is 1. The van der Waals surface area contributed by atoms with Crippen LogP contribution in [-0.2, 0) is 19.1 Å². The Morgan fingerprint density at radius 3 is 2.61 bits per heavy atom. The molecule has 0 N–H and O–H groups in total. The number of hydrogen-bond acceptors (Lipinski definition) is 5. The molecule has 0 fully saturated rings. The SMILES string of the molecule is CCOC(=O)CC(C(=O)OC(C)(C)C)n1cnc2ccccc21. The Morgan fingerprint density at radius 2 is 1.96 bits per heavy atom. The third-order valence-corrected chi connectivity index (χ3v) is 3.16. The fraction of sp³-hybridized carbons (Fsp3) is 0.471. The number of esters is 2. The Morgan fingerprint density at radius 1 is 1.26 bits per heavy atom. The Kier molecular flexibility index (Phi) is 5.03. The Balaban J connectivity index is 2.36. The molecule has 0 aliphatic heterocycles. The van der Waals surface area contributed by atoms with E-state index in [4.69, 9.17) is 9.47 Å². The molecule has 6 nitrogen and oxygen atoms in total. The number of hydrogen-bond donors (Lipinski definition) is 0. The van der Waals surface area contributed by atoms with Crippen molar-refractivity contribution in [2.45, 2.75) is 45.8 Å². The van der Waals surface area contributed by atoms with Crippen LogP contribution in [0, 0.1) is 0 Å². The second-order valence-corrected chi connectivity index (χ2v) is 6.20. The Bertz CT molecular complexity index is 700. The van der Waals surface area contributed by atoms with E-state index in [9.17, 15) is 9.59 Å². The Hall–Kier alpha value is -2.37. The summed E-state index contributed by atoms with van der Waals surface area (Å²) in [6.45, 7) is 7.37. The lowest BCUT2D eigenvalue weighted by Crippen LogP contribution is -2.31. The summed E-state index contributed by atoms with van der Waals surface area (Å²) in [5, 5.41) is 0. The highest BCUT2D eigenvalue weighted by Gasteiger charge is 2.30. The highest BCUT2D eigenvalue weighted by Crippen LogP contribution is 2.24. The van der Waals surface area contributed by atoms with E-state index in [2.05, 4.69) is 4.98 Å². The average molecular weight is 318 g/mol. The van der Waals surface area contributed by atoms with Crippen molar-refractivity contribution in [3.63, 3.8) is 0 Å². The van der Waals surface area contributed by atoms with Crippen LogP contribution in [0.5, 0.6) is 0 Å². The highest BCUT2D eigenvalue weighted by atomic mass is 16.6. The van der Waals surface area contributed by atoms with Crippen LogP contribution in [0.3, 0.4) is 0 Å². The predicted molar refractivity (Wildman–Crippen MR) is 85.9 cm³/mol. The fourth-order valence-corrected chi connectivity index (χ4v) is 2.27. The third-order valence-electron chi connectivity index (χ3n) is 3.16. The quantitative estimate of drug-likeness (QED) is 0.793. The molecule has 1 aromatic heterocycles. The highest BCUT2D eigenvalue weighted by molar-refractivity contribution is 5.84. The zero-order valence-corrected chi connectivity index (χ0v) is 13.9. The molecule has 0 bridgehead atoms. The van der Waals surface area contributed by atoms with Gasteiger partial charge in [-0.3, -0.25) is 4.79 Å². The first-order valence-corrected chi connectivity index (χ1v) is 7.62. The molecule has 0 spiro atoms. The molecule has 1 heterocycles. The summed E-state index contributed by atoms with van der Waals surface area (Å²) in [5.41, 5.74) is 0.887. The summed E-state index contributed by atoms with van der Waals surface area (Å²) in [6, 6.07) is 6.62. The minimum atomic E-state index is -0.805. The summed E-state index contributed by atoms with van der Waals surface area (Å²) in [7, 11) is 0. The molecule has 2 rings (SSSR count). The molecule has 0 saturated heterocycles. The number of ether oxygens (including phenoxy) is 2. The second kappa shape index (κ2) is 6.81. The molecule has 0 amide bonds. The zero-order chi connectivity index (χ0) is 17.0. The van der Waals surface area contributed by atoms with Crippen molar-refractivity contribution in [1.29, 1.82) is 0 Å². The first-order valence-electron chi connectivity index (χ1n) is 7.62. The Labute approximate surface area is 135 Å². The fourth-order valence-electron chi connectivity index (χ4n) is 2.27. The van der Waals surface area contributed by atoms with Crippen LogP contribution < -0.4 is 0 Å². The standard InChI is InChI=1S/C17H22N2O4/c1-5-22-15(20)10-14(16(21)23-17(2,3)4)19-11-18-12-8-6-7-9-13(12)19/h6-9,11,14H,5,10H2,1-4H3. The van der Waals surface area contributed by atoms with Crippen LogP contribution in [0.2, 0.25) is 0 Å². The monoisotopic (exact) mass is 318 g/mol. The lowest BCUT2D eigenvalue weighted by molar-refractivity contribution is -0.162. The van der Waals surface area contributed by atoms with E-state index in [0.717, 1.165) is 11.0 Å². The number of aromatic nitrogens is 2. The summed E-state index contributed by atoms with van der Waals surface area (Å²) in [5.74, 6) is -0.921. The molecule has 0 saturated carbocycles. The minimum Gasteiger partial charge on any atom is -0.466 e. The maximum Gasteiger partial charge on any atom is 0.330 e. The van der Waals surface area contributed by atoms with Crippen molar-refractivity contribution in [2.75, 3.05) is 6.61 Å². The molecule has 0 aliphatic carbocycles. The number of carbonyl (C=O) groups is 2. The largest absolute Gasteiger partial charge is 0.466 e. The van der Waals surface area contributed by atoms with E-state index in [1.54, 1.807) is 38.6 Å². The van der Waals surface area contributed by atoms with E-state index < -0.39 is 23.6 Å². The van der Waals surface area contributed by atoms with Crippen LogP contribution in [0.4, 0.5) is 0 Å². The van der Waals surface area contributed by atoms with Crippen molar-refractivity contribution in [2.24, 2.45) is 0 Å². The van der Waals surface area contributed by atoms with E-state index in [1.165, 1.54) is 0 Å². The third kappa shape index (κ3) is 4.31. The second-order valence-electron chi connectivity index (χ2n) is 6.20. The topological polar surface area (TPSA) is 70.4 Å². The van der Waals surface area contributed by atoms with E-state index in [-0.39, 0.29) is 13.0 Å². The molecule has 0 aliphatic rings. The average Bonchev–Trinajstić information content (AvgIpc) is 2.87. The van der Waals surface area contributed by atoms with Gasteiger partial charge in [-0.05, 0) is 39.8 Å². The lowest BCUT2D eigenvalue weighted by Gasteiger charge is -2.24. The summed E-state index contributed by atoms with van der Waals surface area (Å²) < 4.78 is 12.1. The summed E-state index contributed by atoms with van der Waals surface area (Å²) in [4.78, 5) is 28.7. The van der Waals surface area contributed by atoms with Crippen LogP contribution in [0.25, 0.3) is 11.0 Å². The van der Waals surface area contributed by atoms with Gasteiger partial charge >= 0.3 is 11.9 Å². The summed E-state index contributed by atoms with van der Waals surface area (Å²) >= 11 is 0. The van der Waals surface area contributed by atoms with Gasteiger partial charge in [0.2, 0.25) is 0 Å². The maximum atomic E-state index is 12.6. The first-order chi connectivity index (χ1) is 10.8. The maximum absolute atomic E-state index is 12.6.